The Hall–Kier alpha value is -5.53. The fraction of sp³-hybridized carbons (Fsp3) is 0.225. The summed E-state index contributed by atoms with van der Waals surface area (Å²) in [5.41, 5.74) is 14.2. The highest BCUT2D eigenvalue weighted by molar-refractivity contribution is 7.90. The molecule has 0 heterocycles. The molecule has 0 aliphatic carbocycles. The van der Waals surface area contributed by atoms with E-state index in [2.05, 4.69) is 21.9 Å². The number of carbonyl (C=O) groups excluding carboxylic acids is 3. The molecule has 0 aliphatic rings. The molecule has 2 unspecified atom stereocenters. The summed E-state index contributed by atoms with van der Waals surface area (Å²) in [6.45, 7) is 3.60. The van der Waals surface area contributed by atoms with Crippen LogP contribution in [0, 0.1) is 0 Å². The SMILES string of the molecule is C=C/C=C\c1cccc(S(=O)(=O)NC(Cc2ccccc2)P(=O)(O)CC(=O)N[C@@H](Cc2cccc(OC)c2)C(=O)N[C@@H](CCc2ccccc2)C(N)=O)c1N. The lowest BCUT2D eigenvalue weighted by Crippen LogP contribution is -2.54. The third-order valence-corrected chi connectivity index (χ3v) is 12.4. The fourth-order valence-corrected chi connectivity index (χ4v) is 9.30. The maximum Gasteiger partial charge on any atom is 0.243 e. The average Bonchev–Trinajstić information content (AvgIpc) is 3.15. The average molecular weight is 788 g/mol. The van der Waals surface area contributed by atoms with Crippen LogP contribution >= 0.6 is 7.37 Å². The van der Waals surface area contributed by atoms with Gasteiger partial charge in [0.05, 0.1) is 12.8 Å². The number of methoxy groups -OCH3 is 1. The van der Waals surface area contributed by atoms with Gasteiger partial charge in [0, 0.05) is 6.42 Å². The number of nitrogens with one attached hydrogen (secondary N) is 3. The van der Waals surface area contributed by atoms with Crippen molar-refractivity contribution in [2.45, 2.75) is 48.4 Å². The van der Waals surface area contributed by atoms with E-state index in [0.29, 0.717) is 28.9 Å². The third kappa shape index (κ3) is 12.5. The van der Waals surface area contributed by atoms with Gasteiger partial charge < -0.3 is 31.7 Å². The zero-order valence-electron chi connectivity index (χ0n) is 30.3. The van der Waals surface area contributed by atoms with Crippen LogP contribution in [-0.4, -0.2) is 62.2 Å². The lowest BCUT2D eigenvalue weighted by Gasteiger charge is -2.26. The number of aryl methyl sites for hydroxylation is 1. The van der Waals surface area contributed by atoms with E-state index in [9.17, 15) is 32.3 Å². The van der Waals surface area contributed by atoms with Crippen molar-refractivity contribution in [1.29, 1.82) is 0 Å². The van der Waals surface area contributed by atoms with Crippen molar-refractivity contribution in [2.24, 2.45) is 5.73 Å². The van der Waals surface area contributed by atoms with Crippen LogP contribution in [0.15, 0.2) is 127 Å². The first kappa shape index (κ1) is 42.2. The molecule has 15 heteroatoms. The summed E-state index contributed by atoms with van der Waals surface area (Å²) < 4.78 is 49.3. The normalized spacial score (nSPS) is 14.2. The molecule has 0 saturated carbocycles. The van der Waals surface area contributed by atoms with Gasteiger partial charge in [-0.05, 0) is 59.7 Å². The summed E-state index contributed by atoms with van der Waals surface area (Å²) in [5, 5.41) is 5.16. The molecule has 4 rings (SSSR count). The number of anilines is 1. The van der Waals surface area contributed by atoms with Gasteiger partial charge in [-0.2, -0.15) is 4.72 Å². The molecular formula is C40H46N5O8PS. The van der Waals surface area contributed by atoms with Gasteiger partial charge >= 0.3 is 0 Å². The molecule has 0 spiro atoms. The minimum Gasteiger partial charge on any atom is -0.497 e. The van der Waals surface area contributed by atoms with Crippen molar-refractivity contribution in [2.75, 3.05) is 19.0 Å². The van der Waals surface area contributed by atoms with Gasteiger partial charge in [-0.1, -0.05) is 110 Å². The monoisotopic (exact) mass is 787 g/mol. The molecule has 0 aliphatic heterocycles. The fourth-order valence-electron chi connectivity index (χ4n) is 5.77. The van der Waals surface area contributed by atoms with E-state index < -0.39 is 59.1 Å². The van der Waals surface area contributed by atoms with Crippen LogP contribution < -0.4 is 31.6 Å². The number of hydrogen-bond donors (Lipinski definition) is 6. The molecule has 0 fully saturated rings. The van der Waals surface area contributed by atoms with Crippen molar-refractivity contribution >= 4 is 46.9 Å². The largest absolute Gasteiger partial charge is 0.497 e. The standard InChI is InChI=1S/C40H46N5O8PS/c1-3-4-18-31-19-12-21-35(38(31)41)55(51,52)45-37(26-29-15-9-6-10-16-29)54(49,50)27-36(46)43-34(25-30-17-11-20-32(24-30)53-2)40(48)44-33(39(42)47)23-22-28-13-7-5-8-14-28/h3-21,24,33-34,37,45H,1,22-23,25-27,41H2,2H3,(H2,42,47)(H,43,46)(H,44,48)(H,49,50)/b18-4-/t33-,34-,37?/m0/s1. The van der Waals surface area contributed by atoms with Crippen LogP contribution in [-0.2, 0) is 48.2 Å². The topological polar surface area (TPSA) is 220 Å². The van der Waals surface area contributed by atoms with Crippen LogP contribution in [0.5, 0.6) is 5.75 Å². The number of sulfonamides is 1. The smallest absolute Gasteiger partial charge is 0.243 e. The van der Waals surface area contributed by atoms with Crippen LogP contribution in [0.2, 0.25) is 0 Å². The minimum atomic E-state index is -4.75. The van der Waals surface area contributed by atoms with Crippen LogP contribution in [0.4, 0.5) is 5.69 Å². The van der Waals surface area contributed by atoms with E-state index in [1.165, 1.54) is 25.3 Å². The Labute approximate surface area is 321 Å². The molecule has 13 nitrogen and oxygen atoms in total. The van der Waals surface area contributed by atoms with E-state index in [-0.39, 0.29) is 29.8 Å². The number of amides is 3. The molecule has 0 radical (unpaired) electrons. The van der Waals surface area contributed by atoms with Gasteiger partial charge in [-0.15, -0.1) is 0 Å². The highest BCUT2D eigenvalue weighted by Crippen LogP contribution is 2.47. The van der Waals surface area contributed by atoms with Crippen molar-refractivity contribution in [3.8, 4) is 5.75 Å². The summed E-state index contributed by atoms with van der Waals surface area (Å²) in [6.07, 6.45) is 3.84. The minimum absolute atomic E-state index is 0.0926. The zero-order chi connectivity index (χ0) is 40.0. The molecule has 4 aromatic carbocycles. The van der Waals surface area contributed by atoms with Gasteiger partial charge in [0.25, 0.3) is 0 Å². The Balaban J connectivity index is 1.60. The highest BCUT2D eigenvalue weighted by Gasteiger charge is 2.38. The quantitative estimate of drug-likeness (QED) is 0.0434. The number of hydrogen-bond acceptors (Lipinski definition) is 8. The highest BCUT2D eigenvalue weighted by atomic mass is 32.2. The number of ether oxygens (including phenoxy) is 1. The van der Waals surface area contributed by atoms with Crippen molar-refractivity contribution < 1.29 is 37.0 Å². The molecule has 0 saturated heterocycles. The van der Waals surface area contributed by atoms with Crippen molar-refractivity contribution in [3.63, 3.8) is 0 Å². The summed E-state index contributed by atoms with van der Waals surface area (Å²) in [6, 6.07) is 26.3. The molecule has 8 N–H and O–H groups in total. The Kier molecular flexibility index (Phi) is 15.1. The maximum atomic E-state index is 14.1. The molecule has 55 heavy (non-hydrogen) atoms. The zero-order valence-corrected chi connectivity index (χ0v) is 32.0. The molecular weight excluding hydrogens is 742 g/mol. The van der Waals surface area contributed by atoms with Crippen molar-refractivity contribution in [1.82, 2.24) is 15.4 Å². The van der Waals surface area contributed by atoms with E-state index in [4.69, 9.17) is 16.2 Å². The Morgan fingerprint density at radius 2 is 1.51 bits per heavy atom. The Morgan fingerprint density at radius 3 is 2.15 bits per heavy atom. The van der Waals surface area contributed by atoms with Gasteiger partial charge in [0.15, 0.2) is 0 Å². The number of benzene rings is 4. The lowest BCUT2D eigenvalue weighted by atomic mass is 10.0. The second-order valence-electron chi connectivity index (χ2n) is 12.8. The summed E-state index contributed by atoms with van der Waals surface area (Å²) in [4.78, 5) is 51.0. The third-order valence-electron chi connectivity index (χ3n) is 8.67. The van der Waals surface area contributed by atoms with Crippen molar-refractivity contribution in [3.05, 3.63) is 144 Å². The van der Waals surface area contributed by atoms with E-state index >= 15 is 0 Å². The second-order valence-corrected chi connectivity index (χ2v) is 16.9. The summed E-state index contributed by atoms with van der Waals surface area (Å²) in [7, 11) is -7.81. The number of rotatable bonds is 20. The van der Waals surface area contributed by atoms with Gasteiger partial charge in [0.1, 0.15) is 34.7 Å². The predicted molar refractivity (Wildman–Crippen MR) is 214 cm³/mol. The first-order valence-corrected chi connectivity index (χ1v) is 20.7. The first-order valence-electron chi connectivity index (χ1n) is 17.3. The number of allylic oxidation sites excluding steroid dienone is 2. The number of nitrogen functional groups attached to an aromatic ring is 1. The maximum absolute atomic E-state index is 14.1. The number of nitrogens with two attached hydrogens (primary N) is 2. The van der Waals surface area contributed by atoms with Gasteiger partial charge in [0.2, 0.25) is 35.1 Å². The van der Waals surface area contributed by atoms with Crippen LogP contribution in [0.3, 0.4) is 0 Å². The molecule has 0 bridgehead atoms. The molecule has 3 amide bonds. The number of carbonyl (C=O) groups is 3. The van der Waals surface area contributed by atoms with Crippen LogP contribution in [0.25, 0.3) is 6.08 Å². The summed E-state index contributed by atoms with van der Waals surface area (Å²) >= 11 is 0. The lowest BCUT2D eigenvalue weighted by molar-refractivity contribution is -0.130. The first-order chi connectivity index (χ1) is 26.2. The van der Waals surface area contributed by atoms with Crippen LogP contribution in [0.1, 0.15) is 28.7 Å². The summed E-state index contributed by atoms with van der Waals surface area (Å²) in [5.74, 6) is -3.75. The Morgan fingerprint density at radius 1 is 0.873 bits per heavy atom. The molecule has 0 aromatic heterocycles. The molecule has 4 aromatic rings. The Bertz CT molecular complexity index is 2150. The number of primary amides is 1. The second kappa shape index (κ2) is 19.7. The van der Waals surface area contributed by atoms with E-state index in [1.54, 1.807) is 72.8 Å². The van der Waals surface area contributed by atoms with Gasteiger partial charge in [-0.25, -0.2) is 8.42 Å². The number of para-hydroxylation sites is 1. The van der Waals surface area contributed by atoms with E-state index in [1.807, 2.05) is 30.3 Å². The van der Waals surface area contributed by atoms with E-state index in [0.717, 1.165) is 5.56 Å². The predicted octanol–water partition coefficient (Wildman–Crippen LogP) is 3.92. The van der Waals surface area contributed by atoms with Gasteiger partial charge in [-0.3, -0.25) is 18.9 Å². The molecule has 4 atom stereocenters. The molecule has 290 valence electrons.